The monoisotopic (exact) mass is 492 g/mol. The molecule has 4 rings (SSSR count). The van der Waals surface area contributed by atoms with Crippen LogP contribution in [0.1, 0.15) is 24.0 Å². The maximum atomic E-state index is 13.8. The number of rotatable bonds is 7. The fraction of sp³-hybridized carbons (Fsp3) is 0.455. The summed E-state index contributed by atoms with van der Waals surface area (Å²) in [6.07, 6.45) is 1.19. The Hall–Kier alpha value is -1.85. The maximum absolute atomic E-state index is 13.8. The number of aryl methyl sites for hydroxylation is 2. The third-order valence-corrected chi connectivity index (χ3v) is 10.2. The average Bonchev–Trinajstić information content (AvgIpc) is 3.51. The van der Waals surface area contributed by atoms with Gasteiger partial charge in [-0.05, 0) is 63.4 Å². The molecule has 1 fully saturated rings. The second-order valence-corrected chi connectivity index (χ2v) is 12.4. The molecule has 0 spiro atoms. The van der Waals surface area contributed by atoms with Crippen molar-refractivity contribution in [2.24, 2.45) is 0 Å². The van der Waals surface area contributed by atoms with Crippen molar-refractivity contribution in [3.63, 3.8) is 0 Å². The van der Waals surface area contributed by atoms with Gasteiger partial charge < -0.3 is 4.90 Å². The molecular formula is C22H28N4O3S3. The molecule has 0 N–H and O–H groups in total. The number of anilines is 1. The molecule has 0 unspecified atom stereocenters. The number of thiazole rings is 1. The maximum Gasteiger partial charge on any atom is 0.253 e. The van der Waals surface area contributed by atoms with E-state index < -0.39 is 16.1 Å². The van der Waals surface area contributed by atoms with Crippen molar-refractivity contribution in [1.29, 1.82) is 0 Å². The van der Waals surface area contributed by atoms with Crippen molar-refractivity contribution >= 4 is 54.0 Å². The highest BCUT2D eigenvalue weighted by atomic mass is 32.2. The number of fused-ring (bicyclic) bond motifs is 1. The normalized spacial score (nSPS) is 17.5. The molecule has 7 nitrogen and oxygen atoms in total. The first-order valence-corrected chi connectivity index (χ1v) is 13.7. The lowest BCUT2D eigenvalue weighted by atomic mass is 10.1. The number of hydrogen-bond acceptors (Lipinski definition) is 7. The Balaban J connectivity index is 1.71. The highest BCUT2D eigenvalue weighted by Gasteiger charge is 2.42. The summed E-state index contributed by atoms with van der Waals surface area (Å²) in [4.78, 5) is 22.3. The highest BCUT2D eigenvalue weighted by molar-refractivity contribution is 7.91. The van der Waals surface area contributed by atoms with Crippen LogP contribution in [0.4, 0.5) is 5.13 Å². The molecule has 0 radical (unpaired) electrons. The summed E-state index contributed by atoms with van der Waals surface area (Å²) in [6, 6.07) is 6.72. The SMILES string of the molecule is Cc1ccc(C)c2sc(N(CCN(C)C)C(=O)[C@H]3CCCN3S(=O)(=O)c3cccs3)nc12. The van der Waals surface area contributed by atoms with E-state index in [2.05, 4.69) is 6.07 Å². The zero-order chi connectivity index (χ0) is 23.0. The molecule has 3 aromatic rings. The first kappa shape index (κ1) is 23.3. The minimum absolute atomic E-state index is 0.196. The minimum atomic E-state index is -3.70. The van der Waals surface area contributed by atoms with Gasteiger partial charge in [-0.2, -0.15) is 4.31 Å². The summed E-state index contributed by atoms with van der Waals surface area (Å²) in [5, 5.41) is 2.37. The van der Waals surface area contributed by atoms with E-state index in [1.165, 1.54) is 27.0 Å². The van der Waals surface area contributed by atoms with Crippen LogP contribution in [-0.2, 0) is 14.8 Å². The molecule has 1 aromatic carbocycles. The number of nitrogens with zero attached hydrogens (tertiary/aromatic N) is 4. The lowest BCUT2D eigenvalue weighted by Crippen LogP contribution is -2.49. The molecular weight excluding hydrogens is 464 g/mol. The Morgan fingerprint density at radius 3 is 2.59 bits per heavy atom. The van der Waals surface area contributed by atoms with Gasteiger partial charge >= 0.3 is 0 Å². The van der Waals surface area contributed by atoms with E-state index in [4.69, 9.17) is 4.98 Å². The number of sulfonamides is 1. The molecule has 3 heterocycles. The molecule has 0 bridgehead atoms. The topological polar surface area (TPSA) is 73.8 Å². The van der Waals surface area contributed by atoms with Crippen molar-refractivity contribution in [3.05, 3.63) is 40.8 Å². The van der Waals surface area contributed by atoms with Gasteiger partial charge in [0.15, 0.2) is 5.13 Å². The van der Waals surface area contributed by atoms with Crippen molar-refractivity contribution in [2.45, 2.75) is 36.9 Å². The first-order chi connectivity index (χ1) is 15.2. The fourth-order valence-corrected chi connectivity index (χ4v) is 7.86. The van der Waals surface area contributed by atoms with Crippen LogP contribution in [0.15, 0.2) is 33.9 Å². The zero-order valence-corrected chi connectivity index (χ0v) is 21.2. The summed E-state index contributed by atoms with van der Waals surface area (Å²) in [5.41, 5.74) is 3.09. The highest BCUT2D eigenvalue weighted by Crippen LogP contribution is 2.35. The number of carbonyl (C=O) groups is 1. The van der Waals surface area contributed by atoms with Gasteiger partial charge in [-0.15, -0.1) is 11.3 Å². The predicted molar refractivity (Wildman–Crippen MR) is 131 cm³/mol. The summed E-state index contributed by atoms with van der Waals surface area (Å²) >= 11 is 2.69. The van der Waals surface area contributed by atoms with E-state index in [1.807, 2.05) is 38.9 Å². The van der Waals surface area contributed by atoms with E-state index in [9.17, 15) is 13.2 Å². The van der Waals surface area contributed by atoms with Crippen molar-refractivity contribution in [2.75, 3.05) is 38.6 Å². The second kappa shape index (κ2) is 9.18. The third kappa shape index (κ3) is 4.34. The van der Waals surface area contributed by atoms with Crippen molar-refractivity contribution in [3.8, 4) is 0 Å². The Kier molecular flexibility index (Phi) is 6.69. The van der Waals surface area contributed by atoms with Gasteiger partial charge in [-0.1, -0.05) is 29.5 Å². The number of likely N-dealkylation sites (N-methyl/N-ethyl adjacent to an activating group) is 1. The van der Waals surface area contributed by atoms with Crippen LogP contribution in [0.25, 0.3) is 10.2 Å². The summed E-state index contributed by atoms with van der Waals surface area (Å²) in [6.45, 7) is 5.53. The molecule has 0 saturated carbocycles. The quantitative estimate of drug-likeness (QED) is 0.503. The zero-order valence-electron chi connectivity index (χ0n) is 18.7. The largest absolute Gasteiger partial charge is 0.308 e. The number of hydrogen-bond donors (Lipinski definition) is 0. The fourth-order valence-electron chi connectivity index (χ4n) is 3.94. The molecule has 1 atom stereocenters. The molecule has 32 heavy (non-hydrogen) atoms. The van der Waals surface area contributed by atoms with Gasteiger partial charge in [0.2, 0.25) is 5.91 Å². The van der Waals surface area contributed by atoms with Gasteiger partial charge in [-0.25, -0.2) is 13.4 Å². The molecule has 1 amide bonds. The van der Waals surface area contributed by atoms with Crippen LogP contribution >= 0.6 is 22.7 Å². The number of carbonyl (C=O) groups excluding carboxylic acids is 1. The molecule has 1 aliphatic heterocycles. The molecule has 1 aliphatic rings. The predicted octanol–water partition coefficient (Wildman–Crippen LogP) is 3.72. The Labute approximate surface area is 197 Å². The number of benzene rings is 1. The van der Waals surface area contributed by atoms with E-state index >= 15 is 0 Å². The Morgan fingerprint density at radius 2 is 1.94 bits per heavy atom. The van der Waals surface area contributed by atoms with Crippen LogP contribution in [-0.4, -0.2) is 68.3 Å². The van der Waals surface area contributed by atoms with Crippen LogP contribution < -0.4 is 4.90 Å². The number of aromatic nitrogens is 1. The smallest absolute Gasteiger partial charge is 0.253 e. The third-order valence-electron chi connectivity index (χ3n) is 5.75. The minimum Gasteiger partial charge on any atom is -0.308 e. The van der Waals surface area contributed by atoms with Crippen molar-refractivity contribution < 1.29 is 13.2 Å². The van der Waals surface area contributed by atoms with Gasteiger partial charge in [0, 0.05) is 19.6 Å². The average molecular weight is 493 g/mol. The van der Waals surface area contributed by atoms with Gasteiger partial charge in [0.25, 0.3) is 10.0 Å². The van der Waals surface area contributed by atoms with Crippen LogP contribution in [0.5, 0.6) is 0 Å². The Bertz CT molecular complexity index is 1180. The Morgan fingerprint density at radius 1 is 1.19 bits per heavy atom. The van der Waals surface area contributed by atoms with Crippen LogP contribution in [0, 0.1) is 13.8 Å². The van der Waals surface area contributed by atoms with E-state index in [0.29, 0.717) is 37.6 Å². The standard InChI is InChI=1S/C22H28N4O3S3/c1-15-9-10-16(2)20-19(15)23-22(31-20)25(13-12-24(3)4)21(27)17-7-5-11-26(17)32(28,29)18-8-6-14-30-18/h6,8-10,14,17H,5,7,11-13H2,1-4H3/t17-/m1/s1. The van der Waals surface area contributed by atoms with Gasteiger partial charge in [-0.3, -0.25) is 9.69 Å². The summed E-state index contributed by atoms with van der Waals surface area (Å²) in [5.74, 6) is -0.196. The van der Waals surface area contributed by atoms with E-state index in [0.717, 1.165) is 21.3 Å². The molecule has 172 valence electrons. The number of amides is 1. The van der Waals surface area contributed by atoms with Crippen LogP contribution in [0.3, 0.4) is 0 Å². The first-order valence-electron chi connectivity index (χ1n) is 10.6. The summed E-state index contributed by atoms with van der Waals surface area (Å²) < 4.78 is 29.2. The lowest BCUT2D eigenvalue weighted by Gasteiger charge is -2.29. The van der Waals surface area contributed by atoms with Gasteiger partial charge in [0.1, 0.15) is 10.3 Å². The van der Waals surface area contributed by atoms with Crippen molar-refractivity contribution in [1.82, 2.24) is 14.2 Å². The second-order valence-electron chi connectivity index (χ2n) is 8.37. The molecule has 10 heteroatoms. The lowest BCUT2D eigenvalue weighted by molar-refractivity contribution is -0.121. The van der Waals surface area contributed by atoms with E-state index in [-0.39, 0.29) is 10.1 Å². The molecule has 2 aromatic heterocycles. The molecule has 0 aliphatic carbocycles. The van der Waals surface area contributed by atoms with Gasteiger partial charge in [0.05, 0.1) is 10.2 Å². The number of thiophene rings is 1. The summed E-state index contributed by atoms with van der Waals surface area (Å²) in [7, 11) is 0.216. The van der Waals surface area contributed by atoms with Crippen LogP contribution in [0.2, 0.25) is 0 Å². The molecule has 1 saturated heterocycles. The van der Waals surface area contributed by atoms with E-state index in [1.54, 1.807) is 22.4 Å².